The quantitative estimate of drug-likeness (QED) is 0.262. The Kier molecular flexibility index (Phi) is 5.18. The number of hydrogen-bond acceptors (Lipinski definition) is 3. The summed E-state index contributed by atoms with van der Waals surface area (Å²) in [6, 6.07) is 16.7. The lowest BCUT2D eigenvalue weighted by atomic mass is 9.92. The Hall–Kier alpha value is -2.56. The van der Waals surface area contributed by atoms with E-state index < -0.39 is 0 Å². The van der Waals surface area contributed by atoms with Gasteiger partial charge in [0, 0.05) is 37.9 Å². The lowest BCUT2D eigenvalue weighted by molar-refractivity contribution is 0.414. The summed E-state index contributed by atoms with van der Waals surface area (Å²) in [6.07, 6.45) is 2.83. The molecule has 3 aromatic heterocycles. The van der Waals surface area contributed by atoms with Crippen LogP contribution >= 0.6 is 22.7 Å². The van der Waals surface area contributed by atoms with E-state index in [1.54, 1.807) is 11.3 Å². The number of thiophene rings is 2. The van der Waals surface area contributed by atoms with Crippen molar-refractivity contribution in [2.24, 2.45) is 5.41 Å². The minimum atomic E-state index is -0.126. The normalized spacial score (nSPS) is 12.2. The topological polar surface area (TPSA) is 12.9 Å². The van der Waals surface area contributed by atoms with Crippen molar-refractivity contribution in [3.8, 4) is 21.7 Å². The number of nitrogens with zero attached hydrogens (tertiary/aromatic N) is 1. The fourth-order valence-electron chi connectivity index (χ4n) is 4.38. The number of aromatic nitrogens is 1. The molecule has 5 rings (SSSR count). The average Bonchev–Trinajstić information content (AvgIpc) is 3.31. The summed E-state index contributed by atoms with van der Waals surface area (Å²) >= 11 is 3.21. The molecular formula is C28H26FNS2. The van der Waals surface area contributed by atoms with Crippen molar-refractivity contribution < 1.29 is 4.39 Å². The van der Waals surface area contributed by atoms with Crippen molar-refractivity contribution in [2.45, 2.75) is 41.0 Å². The Morgan fingerprint density at radius 1 is 0.844 bits per heavy atom. The van der Waals surface area contributed by atoms with Crippen LogP contribution in [0.25, 0.3) is 41.9 Å². The van der Waals surface area contributed by atoms with E-state index in [-0.39, 0.29) is 11.2 Å². The third-order valence-corrected chi connectivity index (χ3v) is 7.96. The van der Waals surface area contributed by atoms with E-state index in [0.29, 0.717) is 10.3 Å². The molecule has 162 valence electrons. The number of hydrogen-bond donors (Lipinski definition) is 0. The second-order valence-corrected chi connectivity index (χ2v) is 12.0. The summed E-state index contributed by atoms with van der Waals surface area (Å²) in [7, 11) is 0. The van der Waals surface area contributed by atoms with E-state index in [2.05, 4.69) is 71.0 Å². The Labute approximate surface area is 196 Å². The van der Waals surface area contributed by atoms with Crippen molar-refractivity contribution in [1.82, 2.24) is 4.98 Å². The van der Waals surface area contributed by atoms with E-state index in [0.717, 1.165) is 38.0 Å². The molecular weight excluding hydrogens is 433 g/mol. The third-order valence-electron chi connectivity index (χ3n) is 5.62. The highest BCUT2D eigenvalue weighted by Crippen LogP contribution is 2.43. The maximum Gasteiger partial charge on any atom is 0.149 e. The number of fused-ring (bicyclic) bond motifs is 3. The number of benzene rings is 2. The first kappa shape index (κ1) is 21.3. The van der Waals surface area contributed by atoms with Crippen LogP contribution < -0.4 is 0 Å². The van der Waals surface area contributed by atoms with Gasteiger partial charge in [-0.3, -0.25) is 4.98 Å². The second-order valence-electron chi connectivity index (χ2n) is 9.82. The second kappa shape index (κ2) is 7.79. The predicted octanol–water partition coefficient (Wildman–Crippen LogP) is 9.19. The van der Waals surface area contributed by atoms with Gasteiger partial charge in [0.2, 0.25) is 0 Å². The van der Waals surface area contributed by atoms with Gasteiger partial charge >= 0.3 is 0 Å². The molecule has 0 unspecified atom stereocenters. The zero-order chi connectivity index (χ0) is 22.6. The zero-order valence-corrected chi connectivity index (χ0v) is 20.7. The molecule has 2 aromatic carbocycles. The molecule has 0 aliphatic heterocycles. The van der Waals surface area contributed by atoms with Crippen LogP contribution in [0.2, 0.25) is 0 Å². The van der Waals surface area contributed by atoms with Crippen molar-refractivity contribution in [1.29, 1.82) is 0 Å². The van der Waals surface area contributed by atoms with Gasteiger partial charge in [0.25, 0.3) is 0 Å². The number of rotatable bonds is 3. The molecule has 0 N–H and O–H groups in total. The average molecular weight is 460 g/mol. The van der Waals surface area contributed by atoms with Gasteiger partial charge in [-0.2, -0.15) is 0 Å². The molecule has 0 saturated heterocycles. The highest BCUT2D eigenvalue weighted by Gasteiger charge is 2.19. The molecule has 0 amide bonds. The van der Waals surface area contributed by atoms with Crippen LogP contribution in [0.4, 0.5) is 4.39 Å². The van der Waals surface area contributed by atoms with E-state index in [1.165, 1.54) is 27.3 Å². The molecule has 1 nitrogen and oxygen atoms in total. The Morgan fingerprint density at radius 2 is 1.56 bits per heavy atom. The minimum absolute atomic E-state index is 0.126. The van der Waals surface area contributed by atoms with Crippen LogP contribution in [0.3, 0.4) is 0 Å². The SMILES string of the molecule is Cc1cc(C)cc(-c2nccc3c2sc2c(F)c(-c4ccc(CC(C)(C)C)s4)ccc23)c1. The summed E-state index contributed by atoms with van der Waals surface area (Å²) < 4.78 is 17.6. The van der Waals surface area contributed by atoms with Gasteiger partial charge in [-0.05, 0) is 62.1 Å². The Morgan fingerprint density at radius 3 is 2.28 bits per heavy atom. The van der Waals surface area contributed by atoms with Crippen LogP contribution in [-0.4, -0.2) is 4.98 Å². The lowest BCUT2D eigenvalue weighted by Gasteiger charge is -2.16. The van der Waals surface area contributed by atoms with Crippen molar-refractivity contribution >= 4 is 42.8 Å². The molecule has 0 radical (unpaired) electrons. The van der Waals surface area contributed by atoms with E-state index >= 15 is 4.39 Å². The van der Waals surface area contributed by atoms with Gasteiger partial charge in [0.1, 0.15) is 5.82 Å². The van der Waals surface area contributed by atoms with Crippen LogP contribution in [0.1, 0.15) is 36.8 Å². The lowest BCUT2D eigenvalue weighted by Crippen LogP contribution is -2.07. The highest BCUT2D eigenvalue weighted by atomic mass is 32.1. The van der Waals surface area contributed by atoms with Gasteiger partial charge in [0.05, 0.1) is 15.1 Å². The summed E-state index contributed by atoms with van der Waals surface area (Å²) in [5.74, 6) is -0.126. The molecule has 0 spiro atoms. The number of halogens is 1. The molecule has 0 atom stereocenters. The third kappa shape index (κ3) is 3.87. The zero-order valence-electron chi connectivity index (χ0n) is 19.0. The fraction of sp³-hybridized carbons (Fsp3) is 0.250. The van der Waals surface area contributed by atoms with Crippen LogP contribution in [0, 0.1) is 25.1 Å². The Balaban J connectivity index is 1.66. The maximum absolute atomic E-state index is 15.8. The number of aryl methyl sites for hydroxylation is 2. The highest BCUT2D eigenvalue weighted by molar-refractivity contribution is 7.26. The first-order valence-corrected chi connectivity index (χ1v) is 12.5. The first-order chi connectivity index (χ1) is 15.2. The molecule has 0 fully saturated rings. The van der Waals surface area contributed by atoms with Gasteiger partial charge in [-0.25, -0.2) is 4.39 Å². The van der Waals surface area contributed by atoms with Gasteiger partial charge in [-0.1, -0.05) is 44.0 Å². The van der Waals surface area contributed by atoms with Crippen molar-refractivity contribution in [3.63, 3.8) is 0 Å². The van der Waals surface area contributed by atoms with Gasteiger partial charge in [-0.15, -0.1) is 22.7 Å². The van der Waals surface area contributed by atoms with Crippen LogP contribution in [0.5, 0.6) is 0 Å². The molecule has 0 bridgehead atoms. The van der Waals surface area contributed by atoms with Crippen LogP contribution in [-0.2, 0) is 6.42 Å². The monoisotopic (exact) mass is 459 g/mol. The van der Waals surface area contributed by atoms with Gasteiger partial charge < -0.3 is 0 Å². The minimum Gasteiger partial charge on any atom is -0.255 e. The van der Waals surface area contributed by atoms with E-state index in [1.807, 2.05) is 18.3 Å². The standard InChI is InChI=1S/C28H26FNS2/c1-16-12-17(2)14-18(13-16)25-27-21(10-11-30-25)20-7-8-22(24(29)26(20)32-27)23-9-6-19(31-23)15-28(3,4)5/h6-14H,15H2,1-5H3. The first-order valence-electron chi connectivity index (χ1n) is 10.9. The number of pyridine rings is 1. The molecule has 32 heavy (non-hydrogen) atoms. The molecule has 0 aliphatic rings. The fourth-order valence-corrected chi connectivity index (χ4v) is 6.96. The smallest absolute Gasteiger partial charge is 0.149 e. The molecule has 5 aromatic rings. The maximum atomic E-state index is 15.8. The summed E-state index contributed by atoms with van der Waals surface area (Å²) in [6.45, 7) is 10.9. The van der Waals surface area contributed by atoms with Crippen LogP contribution in [0.15, 0.2) is 54.7 Å². The van der Waals surface area contributed by atoms with E-state index in [9.17, 15) is 0 Å². The predicted molar refractivity (Wildman–Crippen MR) is 138 cm³/mol. The largest absolute Gasteiger partial charge is 0.255 e. The molecule has 4 heteroatoms. The van der Waals surface area contributed by atoms with Crippen molar-refractivity contribution in [2.75, 3.05) is 0 Å². The van der Waals surface area contributed by atoms with E-state index in [4.69, 9.17) is 4.98 Å². The molecule has 0 aliphatic carbocycles. The molecule has 0 saturated carbocycles. The summed E-state index contributed by atoms with van der Waals surface area (Å²) in [5, 5.41) is 2.03. The summed E-state index contributed by atoms with van der Waals surface area (Å²) in [5.41, 5.74) is 5.34. The summed E-state index contributed by atoms with van der Waals surface area (Å²) in [4.78, 5) is 6.98. The Bertz CT molecular complexity index is 1450. The van der Waals surface area contributed by atoms with Crippen molar-refractivity contribution in [3.05, 3.63) is 76.5 Å². The van der Waals surface area contributed by atoms with Gasteiger partial charge in [0.15, 0.2) is 0 Å². The molecule has 3 heterocycles.